The maximum Gasteiger partial charge on any atom is 0.302 e. The zero-order valence-corrected chi connectivity index (χ0v) is 15.4. The van der Waals surface area contributed by atoms with Crippen molar-refractivity contribution in [1.82, 2.24) is 10.2 Å². The predicted molar refractivity (Wildman–Crippen MR) is 97.2 cm³/mol. The van der Waals surface area contributed by atoms with Crippen LogP contribution in [-0.2, 0) is 20.9 Å². The molecule has 2 aliphatic rings. The van der Waals surface area contributed by atoms with E-state index in [9.17, 15) is 9.59 Å². The molecule has 0 aromatic heterocycles. The van der Waals surface area contributed by atoms with E-state index in [0.717, 1.165) is 29.8 Å². The number of nitrogens with zero attached hydrogens (tertiary/aromatic N) is 2. The summed E-state index contributed by atoms with van der Waals surface area (Å²) in [4.78, 5) is 29.5. The van der Waals surface area contributed by atoms with Gasteiger partial charge in [-0.25, -0.2) is 4.99 Å². The Morgan fingerprint density at radius 3 is 2.85 bits per heavy atom. The number of benzene rings is 1. The van der Waals surface area contributed by atoms with Crippen LogP contribution < -0.4 is 10.1 Å². The predicted octanol–water partition coefficient (Wildman–Crippen LogP) is 2.37. The van der Waals surface area contributed by atoms with Gasteiger partial charge in [-0.3, -0.25) is 14.9 Å². The van der Waals surface area contributed by atoms with Gasteiger partial charge in [0.15, 0.2) is 0 Å². The standard InChI is InChI=1S/C19H25N3O4/c1-12(2)17-18(24)21-19-20-16-7-6-15(10-14(16)11-22(17)19)26-9-5-4-8-25-13(3)23/h6-7,10,12,17H,4-5,8-9,11H2,1-3H3,(H,20,21,24). The van der Waals surface area contributed by atoms with Crippen molar-refractivity contribution >= 4 is 23.5 Å². The SMILES string of the molecule is CC(=O)OCCCCOc1ccc2c(c1)CN1C(=N2)NC(=O)C1C(C)C. The summed E-state index contributed by atoms with van der Waals surface area (Å²) in [6.45, 7) is 7.11. The number of hydrogen-bond donors (Lipinski definition) is 1. The number of rotatable bonds is 7. The first kappa shape index (κ1) is 18.2. The molecule has 1 aromatic rings. The molecule has 7 nitrogen and oxygen atoms in total. The van der Waals surface area contributed by atoms with Crippen LogP contribution in [0.25, 0.3) is 0 Å². The molecule has 0 radical (unpaired) electrons. The van der Waals surface area contributed by atoms with Crippen molar-refractivity contribution in [2.45, 2.75) is 46.2 Å². The van der Waals surface area contributed by atoms with E-state index in [4.69, 9.17) is 9.47 Å². The Morgan fingerprint density at radius 1 is 1.35 bits per heavy atom. The number of unbranched alkanes of at least 4 members (excludes halogenated alkanes) is 1. The maximum absolute atomic E-state index is 12.2. The second kappa shape index (κ2) is 7.76. The fourth-order valence-corrected chi connectivity index (χ4v) is 3.25. The van der Waals surface area contributed by atoms with Crippen molar-refractivity contribution in [2.24, 2.45) is 10.9 Å². The largest absolute Gasteiger partial charge is 0.494 e. The first-order valence-electron chi connectivity index (χ1n) is 9.01. The van der Waals surface area contributed by atoms with Crippen LogP contribution in [0.15, 0.2) is 23.2 Å². The number of esters is 1. The molecule has 1 unspecified atom stereocenters. The summed E-state index contributed by atoms with van der Waals surface area (Å²) < 4.78 is 10.7. The molecule has 3 rings (SSSR count). The van der Waals surface area contributed by atoms with Crippen LogP contribution in [0.1, 0.15) is 39.2 Å². The zero-order valence-electron chi connectivity index (χ0n) is 15.4. The van der Waals surface area contributed by atoms with E-state index in [-0.39, 0.29) is 23.8 Å². The smallest absolute Gasteiger partial charge is 0.302 e. The topological polar surface area (TPSA) is 80.2 Å². The molecule has 2 aliphatic heterocycles. The highest BCUT2D eigenvalue weighted by Crippen LogP contribution is 2.33. The molecular weight excluding hydrogens is 334 g/mol. The monoisotopic (exact) mass is 359 g/mol. The van der Waals surface area contributed by atoms with Gasteiger partial charge in [0.2, 0.25) is 11.9 Å². The second-order valence-corrected chi connectivity index (χ2v) is 6.93. The van der Waals surface area contributed by atoms with E-state index in [2.05, 4.69) is 10.3 Å². The van der Waals surface area contributed by atoms with Crippen molar-refractivity contribution in [3.8, 4) is 5.75 Å². The van der Waals surface area contributed by atoms with Crippen LogP contribution >= 0.6 is 0 Å². The number of carbonyl (C=O) groups excluding carboxylic acids is 2. The molecule has 0 aliphatic carbocycles. The van der Waals surface area contributed by atoms with Gasteiger partial charge in [0.05, 0.1) is 18.9 Å². The van der Waals surface area contributed by atoms with Gasteiger partial charge in [-0.1, -0.05) is 13.8 Å². The average Bonchev–Trinajstić information content (AvgIpc) is 2.90. The number of carbonyl (C=O) groups is 2. The Balaban J connectivity index is 1.59. The van der Waals surface area contributed by atoms with Crippen LogP contribution in [0.4, 0.5) is 5.69 Å². The van der Waals surface area contributed by atoms with Crippen molar-refractivity contribution in [3.63, 3.8) is 0 Å². The quantitative estimate of drug-likeness (QED) is 0.597. The minimum absolute atomic E-state index is 0.0100. The lowest BCUT2D eigenvalue weighted by molar-refractivity contribution is -0.141. The van der Waals surface area contributed by atoms with E-state index < -0.39 is 0 Å². The highest BCUT2D eigenvalue weighted by Gasteiger charge is 2.40. The van der Waals surface area contributed by atoms with E-state index in [1.807, 2.05) is 36.9 Å². The molecule has 26 heavy (non-hydrogen) atoms. The molecule has 1 N–H and O–H groups in total. The first-order valence-corrected chi connectivity index (χ1v) is 9.01. The Bertz CT molecular complexity index is 729. The van der Waals surface area contributed by atoms with Crippen molar-refractivity contribution < 1.29 is 19.1 Å². The van der Waals surface area contributed by atoms with Crippen LogP contribution in [0.2, 0.25) is 0 Å². The number of ether oxygens (including phenoxy) is 2. The molecular formula is C19H25N3O4. The summed E-state index contributed by atoms with van der Waals surface area (Å²) >= 11 is 0. The van der Waals surface area contributed by atoms with Gasteiger partial charge in [0.1, 0.15) is 11.8 Å². The van der Waals surface area contributed by atoms with E-state index in [1.165, 1.54) is 6.92 Å². The third kappa shape index (κ3) is 3.98. The van der Waals surface area contributed by atoms with Gasteiger partial charge in [-0.2, -0.15) is 0 Å². The highest BCUT2D eigenvalue weighted by molar-refractivity contribution is 6.07. The lowest BCUT2D eigenvalue weighted by Crippen LogP contribution is -2.39. The second-order valence-electron chi connectivity index (χ2n) is 6.93. The number of aliphatic imine (C=N–C) groups is 1. The number of amides is 1. The third-order valence-electron chi connectivity index (χ3n) is 4.47. The van der Waals surface area contributed by atoms with Crippen molar-refractivity contribution in [3.05, 3.63) is 23.8 Å². The van der Waals surface area contributed by atoms with Crippen LogP contribution in [0.3, 0.4) is 0 Å². The van der Waals surface area contributed by atoms with E-state index in [0.29, 0.717) is 25.7 Å². The number of nitrogens with one attached hydrogen (secondary N) is 1. The summed E-state index contributed by atoms with van der Waals surface area (Å²) in [5.41, 5.74) is 1.91. The fraction of sp³-hybridized carbons (Fsp3) is 0.526. The Labute approximate surface area is 153 Å². The van der Waals surface area contributed by atoms with Gasteiger partial charge >= 0.3 is 5.97 Å². The fourth-order valence-electron chi connectivity index (χ4n) is 3.25. The molecule has 1 atom stereocenters. The lowest BCUT2D eigenvalue weighted by Gasteiger charge is -2.29. The minimum atomic E-state index is -0.255. The van der Waals surface area contributed by atoms with Crippen molar-refractivity contribution in [2.75, 3.05) is 13.2 Å². The Hall–Kier alpha value is -2.57. The van der Waals surface area contributed by atoms with Crippen LogP contribution in [-0.4, -0.2) is 42.0 Å². The van der Waals surface area contributed by atoms with Crippen LogP contribution in [0, 0.1) is 5.92 Å². The number of hydrogen-bond acceptors (Lipinski definition) is 6. The molecule has 1 saturated heterocycles. The van der Waals surface area contributed by atoms with Gasteiger partial charge in [0.25, 0.3) is 0 Å². The molecule has 1 aromatic carbocycles. The molecule has 140 valence electrons. The van der Waals surface area contributed by atoms with Gasteiger partial charge < -0.3 is 14.4 Å². The van der Waals surface area contributed by atoms with Crippen LogP contribution in [0.5, 0.6) is 5.75 Å². The third-order valence-corrected chi connectivity index (χ3v) is 4.47. The lowest BCUT2D eigenvalue weighted by atomic mass is 10.0. The number of guanidine groups is 1. The summed E-state index contributed by atoms with van der Waals surface area (Å²) in [6.07, 6.45) is 1.59. The highest BCUT2D eigenvalue weighted by atomic mass is 16.5. The molecule has 2 heterocycles. The van der Waals surface area contributed by atoms with Gasteiger partial charge in [0, 0.05) is 19.0 Å². The van der Waals surface area contributed by atoms with Crippen molar-refractivity contribution in [1.29, 1.82) is 0 Å². The number of fused-ring (bicyclic) bond motifs is 2. The molecule has 0 bridgehead atoms. The summed E-state index contributed by atoms with van der Waals surface area (Å²) in [5, 5.41) is 2.87. The Morgan fingerprint density at radius 2 is 2.12 bits per heavy atom. The molecule has 1 amide bonds. The minimum Gasteiger partial charge on any atom is -0.494 e. The molecule has 0 saturated carbocycles. The van der Waals surface area contributed by atoms with E-state index >= 15 is 0 Å². The summed E-state index contributed by atoms with van der Waals surface area (Å²) in [5.74, 6) is 1.39. The molecule has 0 spiro atoms. The van der Waals surface area contributed by atoms with Gasteiger partial charge in [-0.05, 0) is 37.0 Å². The first-order chi connectivity index (χ1) is 12.5. The Kier molecular flexibility index (Phi) is 5.44. The summed E-state index contributed by atoms with van der Waals surface area (Å²) in [6, 6.07) is 5.61. The van der Waals surface area contributed by atoms with E-state index in [1.54, 1.807) is 0 Å². The normalized spacial score (nSPS) is 18.2. The average molecular weight is 359 g/mol. The summed E-state index contributed by atoms with van der Waals surface area (Å²) in [7, 11) is 0. The molecule has 1 fully saturated rings. The zero-order chi connectivity index (χ0) is 18.7. The maximum atomic E-state index is 12.2. The van der Waals surface area contributed by atoms with Gasteiger partial charge in [-0.15, -0.1) is 0 Å². The molecule has 7 heteroatoms.